The molecule has 0 unspecified atom stereocenters. The van der Waals surface area contributed by atoms with Gasteiger partial charge in [-0.1, -0.05) is 15.5 Å². The molecule has 0 N–H and O–H groups in total. The van der Waals surface area contributed by atoms with Gasteiger partial charge in [0.05, 0.1) is 12.1 Å². The lowest BCUT2D eigenvalue weighted by molar-refractivity contribution is 0.494. The molecule has 0 atom stereocenters. The summed E-state index contributed by atoms with van der Waals surface area (Å²) in [4.78, 5) is 0. The first-order valence-corrected chi connectivity index (χ1v) is 9.14. The Hall–Kier alpha value is -0.210. The molecule has 19 heteroatoms. The van der Waals surface area contributed by atoms with Crippen LogP contribution in [0.5, 0.6) is 0 Å². The quantitative estimate of drug-likeness (QED) is 0.316. The van der Waals surface area contributed by atoms with Crippen molar-refractivity contribution in [2.45, 2.75) is 0 Å². The number of rotatable bonds is 6. The van der Waals surface area contributed by atoms with E-state index in [4.69, 9.17) is 0 Å². The Kier molecular flexibility index (Phi) is 5.23. The second kappa shape index (κ2) is 5.29. The van der Waals surface area contributed by atoms with Crippen molar-refractivity contribution in [3.63, 3.8) is 0 Å². The molecule has 0 saturated heterocycles. The van der Waals surface area contributed by atoms with Gasteiger partial charge in [-0.05, 0) is 0 Å². The third kappa shape index (κ3) is 5.74. The molecule has 0 amide bonds. The summed E-state index contributed by atoms with van der Waals surface area (Å²) in [6.45, 7) is 0. The van der Waals surface area contributed by atoms with Gasteiger partial charge in [-0.15, -0.1) is 0 Å². The molecule has 0 aromatic rings. The van der Waals surface area contributed by atoms with Gasteiger partial charge in [0.1, 0.15) is 0 Å². The third-order valence-electron chi connectivity index (χ3n) is 0.846. The molecule has 10 nitrogen and oxygen atoms in total. The molecule has 116 valence electrons. The van der Waals surface area contributed by atoms with Gasteiger partial charge in [0.15, 0.2) is 0 Å². The van der Waals surface area contributed by atoms with Crippen LogP contribution in [0.15, 0.2) is 0 Å². The maximum absolute atomic E-state index is 12.3. The van der Waals surface area contributed by atoms with Crippen LogP contribution in [0.2, 0.25) is 0 Å². The minimum Gasteiger partial charge on any atom is -0.175 e. The maximum atomic E-state index is 12.3. The van der Waals surface area contributed by atoms with Crippen LogP contribution in [0.25, 0.3) is 0 Å². The fourth-order valence-corrected chi connectivity index (χ4v) is 4.82. The lowest BCUT2D eigenvalue weighted by Gasteiger charge is -2.15. The highest BCUT2D eigenvalue weighted by molar-refractivity contribution is 8.25. The first-order valence-electron chi connectivity index (χ1n) is 3.05. The molecule has 19 heavy (non-hydrogen) atoms. The summed E-state index contributed by atoms with van der Waals surface area (Å²) in [7, 11) is -26.4. The molecule has 0 radical (unpaired) electrons. The van der Waals surface area contributed by atoms with Gasteiger partial charge in [0.25, 0.3) is 0 Å². The molecule has 0 saturated carbocycles. The highest BCUT2D eigenvalue weighted by Gasteiger charge is 2.46. The van der Waals surface area contributed by atoms with E-state index in [-0.39, 0.29) is 0 Å². The average molecular weight is 392 g/mol. The van der Waals surface area contributed by atoms with Gasteiger partial charge in [-0.2, -0.15) is 33.7 Å². The average Bonchev–Trinajstić information content (AvgIpc) is 1.91. The molecule has 0 bridgehead atoms. The molecule has 0 aromatic heterocycles. The standard InChI is InChI=1S/F4N2O8S5/c1-16(7,8)5(17(2,9)10)15-6(18(3,11)12)19(4,13)14. The summed E-state index contributed by atoms with van der Waals surface area (Å²) in [5.41, 5.74) is 0. The van der Waals surface area contributed by atoms with Crippen LogP contribution in [-0.4, -0.2) is 39.9 Å². The Morgan fingerprint density at radius 2 is 0.684 bits per heavy atom. The van der Waals surface area contributed by atoms with Crippen molar-refractivity contribution in [2.75, 3.05) is 0 Å². The van der Waals surface area contributed by atoms with E-state index in [1.54, 1.807) is 0 Å². The number of nitrogens with zero attached hydrogens (tertiary/aromatic N) is 2. The first-order chi connectivity index (χ1) is 7.97. The van der Waals surface area contributed by atoms with Gasteiger partial charge in [0.2, 0.25) is 0 Å². The summed E-state index contributed by atoms with van der Waals surface area (Å²) < 4.78 is 126. The van der Waals surface area contributed by atoms with Crippen LogP contribution in [-0.2, 0) is 41.6 Å². The zero-order chi connectivity index (χ0) is 15.9. The van der Waals surface area contributed by atoms with E-state index >= 15 is 0 Å². The Balaban J connectivity index is 5.98. The Morgan fingerprint density at radius 1 is 0.526 bits per heavy atom. The number of halogens is 4. The minimum absolute atomic E-state index is 1.97. The number of hydrogen-bond acceptors (Lipinski definition) is 9. The first kappa shape index (κ1) is 18.8. The van der Waals surface area contributed by atoms with Crippen LogP contribution in [0.3, 0.4) is 0 Å². The predicted molar refractivity (Wildman–Crippen MR) is 51.4 cm³/mol. The van der Waals surface area contributed by atoms with E-state index in [1.807, 2.05) is 0 Å². The second-order valence-electron chi connectivity index (χ2n) is 2.18. The smallest absolute Gasteiger partial charge is 0.175 e. The monoisotopic (exact) mass is 392 g/mol. The lowest BCUT2D eigenvalue weighted by atomic mass is 13.8. The van der Waals surface area contributed by atoms with Gasteiger partial charge in [-0.25, -0.2) is 0 Å². The largest absolute Gasteiger partial charge is 0.401 e. The van der Waals surface area contributed by atoms with Crippen molar-refractivity contribution in [1.82, 2.24) is 6.23 Å². The van der Waals surface area contributed by atoms with E-state index in [0.29, 0.717) is 0 Å². The summed E-state index contributed by atoms with van der Waals surface area (Å²) in [6, 6.07) is 0. The van der Waals surface area contributed by atoms with E-state index in [2.05, 4.69) is 0 Å². The second-order valence-corrected chi connectivity index (χ2v) is 9.22. The van der Waals surface area contributed by atoms with Gasteiger partial charge < -0.3 is 0 Å². The van der Waals surface area contributed by atoms with Crippen molar-refractivity contribution in [3.8, 4) is 0 Å². The summed E-state index contributed by atoms with van der Waals surface area (Å²) in [6.07, 6.45) is 0. The lowest BCUT2D eigenvalue weighted by Crippen LogP contribution is -2.34. The van der Waals surface area contributed by atoms with Crippen molar-refractivity contribution in [2.24, 2.45) is 0 Å². The molecule has 0 aliphatic rings. The molecule has 0 spiro atoms. The Labute approximate surface area is 109 Å². The SMILES string of the molecule is O=S(=O)(F)N(SN(S(=O)(=O)F)S(=O)(=O)F)S(=O)(=O)F. The maximum Gasteiger partial charge on any atom is 0.401 e. The molecule has 0 aliphatic carbocycles. The molecule has 0 fully saturated rings. The van der Waals surface area contributed by atoms with E-state index in [1.165, 1.54) is 0 Å². The van der Waals surface area contributed by atoms with Crippen LogP contribution in [0.1, 0.15) is 0 Å². The van der Waals surface area contributed by atoms with Crippen molar-refractivity contribution < 1.29 is 49.2 Å². The van der Waals surface area contributed by atoms with E-state index < -0.39 is 60.0 Å². The normalized spacial score (nSPS) is 15.1. The Morgan fingerprint density at radius 3 is 0.789 bits per heavy atom. The van der Waals surface area contributed by atoms with Crippen molar-refractivity contribution >= 4 is 53.8 Å². The summed E-state index contributed by atoms with van der Waals surface area (Å²) in [5, 5.41) is 0. The highest BCUT2D eigenvalue weighted by Crippen LogP contribution is 2.32. The van der Waals surface area contributed by atoms with Crippen LogP contribution >= 0.6 is 12.1 Å². The van der Waals surface area contributed by atoms with Gasteiger partial charge in [0, 0.05) is 6.23 Å². The third-order valence-corrected chi connectivity index (χ3v) is 7.61. The van der Waals surface area contributed by atoms with Crippen LogP contribution in [0.4, 0.5) is 15.5 Å². The fraction of sp³-hybridized carbons (Fsp3) is 0. The number of hydrogen-bond donors (Lipinski definition) is 0. The zero-order valence-electron chi connectivity index (χ0n) is 7.71. The topological polar surface area (TPSA) is 143 Å². The molecule has 0 heterocycles. The van der Waals surface area contributed by atoms with Crippen LogP contribution < -0.4 is 0 Å². The summed E-state index contributed by atoms with van der Waals surface area (Å²) >= 11 is -1.97. The molecule has 0 rings (SSSR count). The summed E-state index contributed by atoms with van der Waals surface area (Å²) in [5.74, 6) is 0. The predicted octanol–water partition coefficient (Wildman–Crippen LogP) is -0.989. The highest BCUT2D eigenvalue weighted by atomic mass is 32.4. The molecular formula is F4N2O8S5. The molecular weight excluding hydrogens is 392 g/mol. The van der Waals surface area contributed by atoms with Crippen LogP contribution in [0, 0.1) is 0 Å². The fourth-order valence-electron chi connectivity index (χ4n) is 0.426. The van der Waals surface area contributed by atoms with Gasteiger partial charge >= 0.3 is 41.6 Å². The zero-order valence-corrected chi connectivity index (χ0v) is 11.8. The van der Waals surface area contributed by atoms with Gasteiger partial charge in [-0.3, -0.25) is 0 Å². The van der Waals surface area contributed by atoms with Crippen molar-refractivity contribution in [3.05, 3.63) is 0 Å². The van der Waals surface area contributed by atoms with E-state index in [9.17, 15) is 49.2 Å². The van der Waals surface area contributed by atoms with Crippen molar-refractivity contribution in [1.29, 1.82) is 0 Å². The van der Waals surface area contributed by atoms with E-state index in [0.717, 1.165) is 0 Å². The Bertz CT molecular complexity index is 614. The molecule has 0 aliphatic heterocycles. The molecule has 0 aromatic carbocycles. The minimum atomic E-state index is -6.61.